The van der Waals surface area contributed by atoms with E-state index in [-0.39, 0.29) is 17.1 Å². The van der Waals surface area contributed by atoms with E-state index < -0.39 is 17.4 Å². The van der Waals surface area contributed by atoms with Gasteiger partial charge in [0.25, 0.3) is 5.91 Å². The Morgan fingerprint density at radius 2 is 2.10 bits per heavy atom. The summed E-state index contributed by atoms with van der Waals surface area (Å²) < 4.78 is 0. The van der Waals surface area contributed by atoms with Crippen LogP contribution in [0.5, 0.6) is 11.5 Å². The smallest absolute Gasteiger partial charge is 0.254 e. The Balaban J connectivity index is 0.00000106. The first-order valence-electron chi connectivity index (χ1n) is 6.91. The van der Waals surface area contributed by atoms with Crippen LogP contribution in [-0.4, -0.2) is 33.1 Å². The molecule has 0 spiro atoms. The van der Waals surface area contributed by atoms with Gasteiger partial charge in [0.05, 0.1) is 11.6 Å². The molecule has 1 heterocycles. The van der Waals surface area contributed by atoms with Crippen LogP contribution >= 0.6 is 0 Å². The first-order chi connectivity index (χ1) is 9.99. The number of H-pyrrole nitrogens is 1. The van der Waals surface area contributed by atoms with Crippen LogP contribution in [0.1, 0.15) is 49.4 Å². The predicted octanol–water partition coefficient (Wildman–Crippen LogP) is 1.77. The van der Waals surface area contributed by atoms with E-state index in [1.807, 2.05) is 20.8 Å². The van der Waals surface area contributed by atoms with Crippen molar-refractivity contribution in [1.29, 1.82) is 0 Å². The van der Waals surface area contributed by atoms with E-state index in [1.54, 1.807) is 7.05 Å². The lowest BCUT2D eigenvalue weighted by atomic mass is 10.1. The van der Waals surface area contributed by atoms with Crippen molar-refractivity contribution >= 4 is 16.9 Å². The molecule has 0 saturated heterocycles. The number of nitrogens with one attached hydrogen (secondary N) is 2. The first kappa shape index (κ1) is 16.8. The van der Waals surface area contributed by atoms with Gasteiger partial charge in [-0.15, -0.1) is 0 Å². The molecule has 2 aromatic rings. The Kier molecular flexibility index (Phi) is 5.54. The fraction of sp³-hybridized carbons (Fsp3) is 0.429. The number of primary amides is 1. The quantitative estimate of drug-likeness (QED) is 0.550. The lowest BCUT2D eigenvalue weighted by Crippen LogP contribution is -2.16. The molecule has 21 heavy (non-hydrogen) atoms. The van der Waals surface area contributed by atoms with E-state index in [0.29, 0.717) is 11.3 Å². The number of amides is 1. The fourth-order valence-corrected chi connectivity index (χ4v) is 2.08. The third kappa shape index (κ3) is 3.08. The average molecular weight is 294 g/mol. The summed E-state index contributed by atoms with van der Waals surface area (Å²) in [5, 5.41) is 22.4. The number of carbonyl (C=O) groups is 1. The van der Waals surface area contributed by atoms with Crippen LogP contribution in [0.25, 0.3) is 11.0 Å². The van der Waals surface area contributed by atoms with Gasteiger partial charge in [0, 0.05) is 6.07 Å². The second-order valence-electron chi connectivity index (χ2n) is 4.25. The van der Waals surface area contributed by atoms with E-state index in [4.69, 9.17) is 5.73 Å². The fourth-order valence-electron chi connectivity index (χ4n) is 2.08. The van der Waals surface area contributed by atoms with Crippen molar-refractivity contribution in [3.8, 4) is 11.5 Å². The molecule has 7 nitrogen and oxygen atoms in total. The van der Waals surface area contributed by atoms with Crippen molar-refractivity contribution in [2.24, 2.45) is 5.73 Å². The maximum Gasteiger partial charge on any atom is 0.254 e. The van der Waals surface area contributed by atoms with E-state index in [0.717, 1.165) is 6.42 Å². The summed E-state index contributed by atoms with van der Waals surface area (Å²) in [6, 6.07) is 1.30. The number of carbonyl (C=O) groups excluding carboxylic acids is 1. The zero-order chi connectivity index (χ0) is 16.2. The van der Waals surface area contributed by atoms with Gasteiger partial charge in [0.2, 0.25) is 0 Å². The molecule has 0 aliphatic carbocycles. The zero-order valence-corrected chi connectivity index (χ0v) is 12.7. The summed E-state index contributed by atoms with van der Waals surface area (Å²) in [7, 11) is 1.80. The highest BCUT2D eigenvalue weighted by atomic mass is 16.3. The molecule has 2 rings (SSSR count). The maximum atomic E-state index is 11.4. The molecule has 1 unspecified atom stereocenters. The second kappa shape index (κ2) is 6.94. The lowest BCUT2D eigenvalue weighted by molar-refractivity contribution is 0.0998. The minimum absolute atomic E-state index is 0.0163. The van der Waals surface area contributed by atoms with Crippen LogP contribution in [0.3, 0.4) is 0 Å². The molecule has 1 aromatic carbocycles. The van der Waals surface area contributed by atoms with Crippen molar-refractivity contribution in [3.05, 3.63) is 17.5 Å². The largest absolute Gasteiger partial charge is 0.504 e. The summed E-state index contributed by atoms with van der Waals surface area (Å²) in [6.45, 7) is 5.98. The van der Waals surface area contributed by atoms with Gasteiger partial charge in [-0.2, -0.15) is 0 Å². The van der Waals surface area contributed by atoms with Crippen molar-refractivity contribution in [3.63, 3.8) is 0 Å². The number of hydrogen-bond donors (Lipinski definition) is 5. The third-order valence-electron chi connectivity index (χ3n) is 3.08. The number of aromatic amines is 1. The minimum Gasteiger partial charge on any atom is -0.504 e. The van der Waals surface area contributed by atoms with Gasteiger partial charge in [-0.25, -0.2) is 4.98 Å². The molecule has 7 heteroatoms. The van der Waals surface area contributed by atoms with Crippen LogP contribution in [0.15, 0.2) is 6.07 Å². The van der Waals surface area contributed by atoms with Gasteiger partial charge < -0.3 is 26.2 Å². The highest BCUT2D eigenvalue weighted by Gasteiger charge is 2.21. The van der Waals surface area contributed by atoms with Crippen LogP contribution in [0.4, 0.5) is 0 Å². The normalized spacial score (nSPS) is 11.8. The van der Waals surface area contributed by atoms with E-state index in [1.165, 1.54) is 6.07 Å². The number of nitrogens with two attached hydrogens (primary N) is 1. The standard InChI is InChI=1S/C12H16N4O3.C2H6/c1-3-5(14-2)12-15-6-4-7(17)10(18)8(11(13)19)9(6)16-12;1-2/h4-5,14,17-18H,3H2,1-2H3,(H2,13,19)(H,15,16);1-2H3. The number of imidazole rings is 1. The number of nitrogens with zero attached hydrogens (tertiary/aromatic N) is 1. The second-order valence-corrected chi connectivity index (χ2v) is 4.25. The van der Waals surface area contributed by atoms with Gasteiger partial charge in [-0.1, -0.05) is 20.8 Å². The van der Waals surface area contributed by atoms with Crippen LogP contribution in [-0.2, 0) is 0 Å². The van der Waals surface area contributed by atoms with Crippen LogP contribution in [0.2, 0.25) is 0 Å². The van der Waals surface area contributed by atoms with Crippen molar-refractivity contribution < 1.29 is 15.0 Å². The Morgan fingerprint density at radius 1 is 1.48 bits per heavy atom. The highest BCUT2D eigenvalue weighted by Crippen LogP contribution is 2.35. The average Bonchev–Trinajstić information content (AvgIpc) is 2.86. The molecule has 0 aliphatic heterocycles. The van der Waals surface area contributed by atoms with Crippen molar-refractivity contribution in [1.82, 2.24) is 15.3 Å². The molecule has 0 saturated carbocycles. The molecule has 0 aliphatic rings. The first-order valence-corrected chi connectivity index (χ1v) is 6.91. The Morgan fingerprint density at radius 3 is 2.57 bits per heavy atom. The zero-order valence-electron chi connectivity index (χ0n) is 12.7. The number of aromatic nitrogens is 2. The Hall–Kier alpha value is -2.28. The molecule has 116 valence electrons. The summed E-state index contributed by atoms with van der Waals surface area (Å²) in [6.07, 6.45) is 0.792. The number of aromatic hydroxyl groups is 2. The number of hydrogen-bond acceptors (Lipinski definition) is 5. The van der Waals surface area contributed by atoms with Gasteiger partial charge >= 0.3 is 0 Å². The van der Waals surface area contributed by atoms with E-state index >= 15 is 0 Å². The lowest BCUT2D eigenvalue weighted by Gasteiger charge is -2.09. The monoisotopic (exact) mass is 294 g/mol. The summed E-state index contributed by atoms with van der Waals surface area (Å²) in [5.74, 6) is -1.17. The van der Waals surface area contributed by atoms with Crippen LogP contribution in [0, 0.1) is 0 Å². The minimum atomic E-state index is -0.839. The van der Waals surface area contributed by atoms with Crippen LogP contribution < -0.4 is 11.1 Å². The van der Waals surface area contributed by atoms with Crippen molar-refractivity contribution in [2.45, 2.75) is 33.2 Å². The molecular weight excluding hydrogens is 272 g/mol. The number of phenols is 2. The molecule has 1 amide bonds. The molecule has 6 N–H and O–H groups in total. The number of benzene rings is 1. The molecule has 0 bridgehead atoms. The topological polar surface area (TPSA) is 124 Å². The summed E-state index contributed by atoms with van der Waals surface area (Å²) in [5.41, 5.74) is 5.75. The number of rotatable bonds is 4. The Labute approximate surface area is 123 Å². The molecular formula is C14H22N4O3. The van der Waals surface area contributed by atoms with Gasteiger partial charge in [-0.05, 0) is 13.5 Å². The SMILES string of the molecule is CC.CCC(NC)c1nc2c(C(N)=O)c(O)c(O)cc2[nH]1. The van der Waals surface area contributed by atoms with Gasteiger partial charge in [-0.3, -0.25) is 4.79 Å². The Bertz CT molecular complexity index is 633. The highest BCUT2D eigenvalue weighted by molar-refractivity contribution is 6.07. The van der Waals surface area contributed by atoms with E-state index in [9.17, 15) is 15.0 Å². The molecule has 1 aromatic heterocycles. The number of fused-ring (bicyclic) bond motifs is 1. The van der Waals surface area contributed by atoms with E-state index in [2.05, 4.69) is 15.3 Å². The number of phenolic OH excluding ortho intramolecular Hbond substituents is 1. The van der Waals surface area contributed by atoms with Gasteiger partial charge in [0.1, 0.15) is 16.9 Å². The molecule has 1 atom stereocenters. The summed E-state index contributed by atoms with van der Waals surface area (Å²) >= 11 is 0. The van der Waals surface area contributed by atoms with Gasteiger partial charge in [0.15, 0.2) is 11.5 Å². The summed E-state index contributed by atoms with van der Waals surface area (Å²) in [4.78, 5) is 18.7. The molecule has 0 fully saturated rings. The third-order valence-corrected chi connectivity index (χ3v) is 3.08. The maximum absolute atomic E-state index is 11.4. The van der Waals surface area contributed by atoms with Crippen molar-refractivity contribution in [2.75, 3.05) is 7.05 Å². The predicted molar refractivity (Wildman–Crippen MR) is 81.4 cm³/mol. The molecule has 0 radical (unpaired) electrons.